The highest BCUT2D eigenvalue weighted by Crippen LogP contribution is 1.97. The first-order chi connectivity index (χ1) is 8.31. The number of hydrogen-bond donors (Lipinski definition) is 1. The Bertz CT molecular complexity index is 286. The minimum absolute atomic E-state index is 0.968. The maximum Gasteiger partial charge on any atom is 0.142 e. The largest absolute Gasteiger partial charge is 0.324 e. The normalized spacial score (nSPS) is 12.9. The van der Waals surface area contributed by atoms with Crippen molar-refractivity contribution < 1.29 is 0 Å². The van der Waals surface area contributed by atoms with Crippen LogP contribution in [-0.4, -0.2) is 33.6 Å². The Labute approximate surface area is 108 Å². The van der Waals surface area contributed by atoms with Crippen LogP contribution in [0.2, 0.25) is 6.04 Å². The summed E-state index contributed by atoms with van der Waals surface area (Å²) < 4.78 is 0. The van der Waals surface area contributed by atoms with Gasteiger partial charge in [0.15, 0.2) is 0 Å². The smallest absolute Gasteiger partial charge is 0.142 e. The first-order valence-corrected chi connectivity index (χ1v) is 8.79. The zero-order valence-corrected chi connectivity index (χ0v) is 12.6. The molecule has 1 atom stereocenters. The molecule has 1 rings (SSSR count). The minimum atomic E-state index is -0.968. The van der Waals surface area contributed by atoms with Crippen LogP contribution in [0.15, 0.2) is 30.3 Å². The van der Waals surface area contributed by atoms with Crippen molar-refractivity contribution in [2.45, 2.75) is 33.2 Å². The summed E-state index contributed by atoms with van der Waals surface area (Å²) in [5.41, 5.74) is 0. The predicted molar refractivity (Wildman–Crippen MR) is 79.2 cm³/mol. The summed E-state index contributed by atoms with van der Waals surface area (Å²) in [7, 11) is -0.968. The van der Waals surface area contributed by atoms with Gasteiger partial charge in [-0.15, -0.1) is 0 Å². The van der Waals surface area contributed by atoms with E-state index in [0.29, 0.717) is 0 Å². The Morgan fingerprint density at radius 2 is 1.71 bits per heavy atom. The van der Waals surface area contributed by atoms with E-state index in [-0.39, 0.29) is 0 Å². The van der Waals surface area contributed by atoms with E-state index in [1.165, 1.54) is 12.5 Å². The Balaban J connectivity index is 2.55. The van der Waals surface area contributed by atoms with Gasteiger partial charge in [-0.3, -0.25) is 4.90 Å². The molecular weight excluding hydrogens is 224 g/mol. The van der Waals surface area contributed by atoms with E-state index < -0.39 is 8.96 Å². The molecule has 2 nitrogen and oxygen atoms in total. The van der Waals surface area contributed by atoms with Crippen LogP contribution < -0.4 is 10.2 Å². The molecule has 0 aliphatic heterocycles. The fourth-order valence-electron chi connectivity index (χ4n) is 2.05. The van der Waals surface area contributed by atoms with E-state index in [1.54, 1.807) is 5.19 Å². The first-order valence-electron chi connectivity index (χ1n) is 6.82. The summed E-state index contributed by atoms with van der Waals surface area (Å²) in [6, 6.07) is 12.3. The molecular formula is C14H26N2Si. The summed E-state index contributed by atoms with van der Waals surface area (Å²) in [6.45, 7) is 10.0. The van der Waals surface area contributed by atoms with Gasteiger partial charge in [-0.1, -0.05) is 57.5 Å². The van der Waals surface area contributed by atoms with Gasteiger partial charge < -0.3 is 4.98 Å². The standard InChI is InChI=1S/C14H26N2Si/c1-4-12-17(14-10-8-7-9-11-14)15-13-16(5-2)6-3/h7-11,15,17H,4-6,12-13H2,1-3H3. The number of rotatable bonds is 8. The van der Waals surface area contributed by atoms with Gasteiger partial charge in [0, 0.05) is 6.67 Å². The average Bonchev–Trinajstić information content (AvgIpc) is 2.39. The van der Waals surface area contributed by atoms with Crippen molar-refractivity contribution in [2.24, 2.45) is 0 Å². The molecule has 0 amide bonds. The second-order valence-electron chi connectivity index (χ2n) is 4.42. The third-order valence-electron chi connectivity index (χ3n) is 3.24. The number of hydrogen-bond acceptors (Lipinski definition) is 2. The fourth-order valence-corrected chi connectivity index (χ4v) is 4.56. The van der Waals surface area contributed by atoms with Crippen molar-refractivity contribution in [3.05, 3.63) is 30.3 Å². The predicted octanol–water partition coefficient (Wildman–Crippen LogP) is 1.92. The molecule has 0 heterocycles. The number of benzene rings is 1. The lowest BCUT2D eigenvalue weighted by Gasteiger charge is -2.23. The highest BCUT2D eigenvalue weighted by atomic mass is 28.3. The van der Waals surface area contributed by atoms with Crippen LogP contribution in [0, 0.1) is 0 Å². The van der Waals surface area contributed by atoms with Crippen LogP contribution in [0.1, 0.15) is 27.2 Å². The second-order valence-corrected chi connectivity index (χ2v) is 7.17. The van der Waals surface area contributed by atoms with Gasteiger partial charge in [0.2, 0.25) is 0 Å². The van der Waals surface area contributed by atoms with E-state index in [1.807, 2.05) is 0 Å². The van der Waals surface area contributed by atoms with Gasteiger partial charge in [0.25, 0.3) is 0 Å². The fraction of sp³-hybridized carbons (Fsp3) is 0.571. The maximum atomic E-state index is 3.80. The Kier molecular flexibility index (Phi) is 7.16. The zero-order valence-electron chi connectivity index (χ0n) is 11.4. The van der Waals surface area contributed by atoms with Crippen LogP contribution >= 0.6 is 0 Å². The molecule has 17 heavy (non-hydrogen) atoms. The van der Waals surface area contributed by atoms with Crippen LogP contribution in [-0.2, 0) is 0 Å². The topological polar surface area (TPSA) is 15.3 Å². The van der Waals surface area contributed by atoms with E-state index in [4.69, 9.17) is 0 Å². The highest BCUT2D eigenvalue weighted by molar-refractivity contribution is 6.70. The van der Waals surface area contributed by atoms with Crippen molar-refractivity contribution in [1.29, 1.82) is 0 Å². The van der Waals surface area contributed by atoms with Gasteiger partial charge >= 0.3 is 0 Å². The molecule has 0 radical (unpaired) electrons. The third kappa shape index (κ3) is 5.02. The van der Waals surface area contributed by atoms with Crippen molar-refractivity contribution in [1.82, 2.24) is 9.88 Å². The van der Waals surface area contributed by atoms with Gasteiger partial charge in [-0.2, -0.15) is 0 Å². The lowest BCUT2D eigenvalue weighted by Crippen LogP contribution is -2.49. The summed E-state index contributed by atoms with van der Waals surface area (Å²) in [4.78, 5) is 6.25. The molecule has 0 saturated carbocycles. The van der Waals surface area contributed by atoms with Crippen LogP contribution in [0.3, 0.4) is 0 Å². The Hall–Kier alpha value is -0.643. The van der Waals surface area contributed by atoms with Crippen LogP contribution in [0.5, 0.6) is 0 Å². The molecule has 3 heteroatoms. The van der Waals surface area contributed by atoms with Crippen LogP contribution in [0.4, 0.5) is 0 Å². The molecule has 0 bridgehead atoms. The Morgan fingerprint density at radius 3 is 2.24 bits per heavy atom. The number of nitrogens with one attached hydrogen (secondary N) is 1. The van der Waals surface area contributed by atoms with E-state index in [0.717, 1.165) is 19.8 Å². The SMILES string of the molecule is CCC[SiH](NCN(CC)CC)c1ccccc1. The molecule has 0 aliphatic rings. The third-order valence-corrected chi connectivity index (χ3v) is 6.25. The molecule has 96 valence electrons. The van der Waals surface area contributed by atoms with E-state index in [2.05, 4.69) is 61.0 Å². The molecule has 0 saturated heterocycles. The van der Waals surface area contributed by atoms with E-state index in [9.17, 15) is 0 Å². The van der Waals surface area contributed by atoms with Crippen molar-refractivity contribution >= 4 is 14.1 Å². The zero-order chi connectivity index (χ0) is 12.5. The number of nitrogens with zero attached hydrogens (tertiary/aromatic N) is 1. The van der Waals surface area contributed by atoms with Crippen LogP contribution in [0.25, 0.3) is 0 Å². The molecule has 1 unspecified atom stereocenters. The first kappa shape index (κ1) is 14.4. The van der Waals surface area contributed by atoms with Crippen molar-refractivity contribution in [2.75, 3.05) is 19.8 Å². The van der Waals surface area contributed by atoms with Gasteiger partial charge in [-0.05, 0) is 24.3 Å². The summed E-state index contributed by atoms with van der Waals surface area (Å²) >= 11 is 0. The molecule has 1 aromatic rings. The lowest BCUT2D eigenvalue weighted by atomic mass is 10.4. The van der Waals surface area contributed by atoms with Gasteiger partial charge in [0.05, 0.1) is 0 Å². The van der Waals surface area contributed by atoms with Crippen molar-refractivity contribution in [3.8, 4) is 0 Å². The quantitative estimate of drug-likeness (QED) is 0.560. The van der Waals surface area contributed by atoms with E-state index >= 15 is 0 Å². The van der Waals surface area contributed by atoms with Crippen molar-refractivity contribution in [3.63, 3.8) is 0 Å². The lowest BCUT2D eigenvalue weighted by molar-refractivity contribution is 0.300. The molecule has 0 fully saturated rings. The summed E-state index contributed by atoms with van der Waals surface area (Å²) in [5, 5.41) is 1.54. The summed E-state index contributed by atoms with van der Waals surface area (Å²) in [6.07, 6.45) is 1.27. The van der Waals surface area contributed by atoms with Gasteiger partial charge in [0.1, 0.15) is 8.96 Å². The maximum absolute atomic E-state index is 3.80. The highest BCUT2D eigenvalue weighted by Gasteiger charge is 2.12. The molecule has 0 spiro atoms. The Morgan fingerprint density at radius 1 is 1.06 bits per heavy atom. The molecule has 0 aromatic heterocycles. The summed E-state index contributed by atoms with van der Waals surface area (Å²) in [5.74, 6) is 0. The monoisotopic (exact) mass is 250 g/mol. The molecule has 1 aromatic carbocycles. The molecule has 1 N–H and O–H groups in total. The second kappa shape index (κ2) is 8.45. The molecule has 0 aliphatic carbocycles. The average molecular weight is 250 g/mol. The van der Waals surface area contributed by atoms with Gasteiger partial charge in [-0.25, -0.2) is 0 Å². The minimum Gasteiger partial charge on any atom is -0.324 e.